The Morgan fingerprint density at radius 2 is 1.81 bits per heavy atom. The fraction of sp³-hybridized carbons (Fsp3) is 0.286. The van der Waals surface area contributed by atoms with Crippen LogP contribution in [0.15, 0.2) is 34.7 Å². The van der Waals surface area contributed by atoms with E-state index in [9.17, 15) is 0 Å². The Morgan fingerprint density at radius 3 is 2.44 bits per heavy atom. The molecule has 0 saturated carbocycles. The van der Waals surface area contributed by atoms with Gasteiger partial charge in [-0.15, -0.1) is 0 Å². The van der Waals surface area contributed by atoms with Gasteiger partial charge in [-0.3, -0.25) is 0 Å². The monoisotopic (exact) mass is 215 g/mol. The van der Waals surface area contributed by atoms with Crippen LogP contribution in [0.2, 0.25) is 0 Å². The van der Waals surface area contributed by atoms with E-state index in [1.165, 1.54) is 11.1 Å². The van der Waals surface area contributed by atoms with Gasteiger partial charge in [0.2, 0.25) is 0 Å². The van der Waals surface area contributed by atoms with Crippen molar-refractivity contribution in [3.05, 3.63) is 53.0 Å². The summed E-state index contributed by atoms with van der Waals surface area (Å²) < 4.78 is 5.50. The van der Waals surface area contributed by atoms with Crippen LogP contribution in [0.5, 0.6) is 0 Å². The molecule has 2 heteroatoms. The molecule has 0 bridgehead atoms. The predicted molar refractivity (Wildman–Crippen MR) is 66.7 cm³/mol. The van der Waals surface area contributed by atoms with Gasteiger partial charge in [0.25, 0.3) is 0 Å². The highest BCUT2D eigenvalue weighted by molar-refractivity contribution is 5.48. The number of furan rings is 1. The molecule has 0 spiro atoms. The van der Waals surface area contributed by atoms with Gasteiger partial charge in [-0.05, 0) is 56.2 Å². The molecule has 0 amide bonds. The molecule has 0 unspecified atom stereocenters. The lowest BCUT2D eigenvalue weighted by Crippen LogP contribution is -1.98. The molecule has 2 aromatic rings. The Balaban J connectivity index is 2.02. The molecule has 0 fully saturated rings. The number of rotatable bonds is 3. The van der Waals surface area contributed by atoms with E-state index in [0.29, 0.717) is 0 Å². The summed E-state index contributed by atoms with van der Waals surface area (Å²) in [5.74, 6) is 1.92. The largest absolute Gasteiger partial charge is 0.465 e. The Morgan fingerprint density at radius 1 is 1.00 bits per heavy atom. The van der Waals surface area contributed by atoms with Crippen molar-refractivity contribution in [2.75, 3.05) is 5.32 Å². The number of anilines is 1. The van der Waals surface area contributed by atoms with Crippen molar-refractivity contribution in [1.29, 1.82) is 0 Å². The zero-order chi connectivity index (χ0) is 11.5. The molecule has 0 aliphatic carbocycles. The van der Waals surface area contributed by atoms with Gasteiger partial charge in [0.15, 0.2) is 0 Å². The van der Waals surface area contributed by atoms with E-state index >= 15 is 0 Å². The molecule has 1 heterocycles. The van der Waals surface area contributed by atoms with Crippen molar-refractivity contribution in [2.45, 2.75) is 27.3 Å². The van der Waals surface area contributed by atoms with E-state index in [1.54, 1.807) is 0 Å². The molecule has 1 aromatic carbocycles. The van der Waals surface area contributed by atoms with E-state index < -0.39 is 0 Å². The summed E-state index contributed by atoms with van der Waals surface area (Å²) in [6, 6.07) is 10.4. The fourth-order valence-electron chi connectivity index (χ4n) is 1.62. The number of nitrogens with one attached hydrogen (secondary N) is 1. The third-order valence-corrected chi connectivity index (χ3v) is 2.77. The second-order valence-corrected chi connectivity index (χ2v) is 4.16. The molecule has 0 saturated heterocycles. The molecule has 2 nitrogen and oxygen atoms in total. The van der Waals surface area contributed by atoms with Crippen molar-refractivity contribution in [2.24, 2.45) is 0 Å². The first-order valence-corrected chi connectivity index (χ1v) is 5.51. The summed E-state index contributed by atoms with van der Waals surface area (Å²) in [6.07, 6.45) is 0. The Hall–Kier alpha value is -1.70. The lowest BCUT2D eigenvalue weighted by atomic mass is 10.1. The number of hydrogen-bond donors (Lipinski definition) is 1. The molecule has 1 aromatic heterocycles. The minimum absolute atomic E-state index is 0.732. The van der Waals surface area contributed by atoms with Crippen LogP contribution in [0.4, 0.5) is 5.69 Å². The van der Waals surface area contributed by atoms with Gasteiger partial charge in [-0.25, -0.2) is 0 Å². The maximum atomic E-state index is 5.50. The second kappa shape index (κ2) is 4.44. The zero-order valence-electron chi connectivity index (χ0n) is 10.0. The summed E-state index contributed by atoms with van der Waals surface area (Å²) in [7, 11) is 0. The van der Waals surface area contributed by atoms with Crippen LogP contribution in [0, 0.1) is 20.8 Å². The molecule has 2 rings (SSSR count). The normalized spacial score (nSPS) is 10.4. The van der Waals surface area contributed by atoms with Gasteiger partial charge in [0.1, 0.15) is 11.5 Å². The predicted octanol–water partition coefficient (Wildman–Crippen LogP) is 3.82. The Bertz CT molecular complexity index is 485. The topological polar surface area (TPSA) is 25.2 Å². The van der Waals surface area contributed by atoms with Gasteiger partial charge in [0, 0.05) is 5.69 Å². The molecule has 0 radical (unpaired) electrons. The average molecular weight is 215 g/mol. The first-order valence-electron chi connectivity index (χ1n) is 5.51. The lowest BCUT2D eigenvalue weighted by molar-refractivity contribution is 0.490. The first kappa shape index (κ1) is 10.8. The molecule has 1 N–H and O–H groups in total. The van der Waals surface area contributed by atoms with E-state index in [0.717, 1.165) is 23.8 Å². The summed E-state index contributed by atoms with van der Waals surface area (Å²) in [4.78, 5) is 0. The maximum Gasteiger partial charge on any atom is 0.123 e. The first-order chi connectivity index (χ1) is 7.65. The highest BCUT2D eigenvalue weighted by atomic mass is 16.3. The molecule has 0 aliphatic rings. The molecule has 0 atom stereocenters. The maximum absolute atomic E-state index is 5.50. The van der Waals surface area contributed by atoms with Gasteiger partial charge in [-0.1, -0.05) is 6.07 Å². The van der Waals surface area contributed by atoms with Crippen LogP contribution >= 0.6 is 0 Å². The van der Waals surface area contributed by atoms with Crippen molar-refractivity contribution < 1.29 is 4.42 Å². The van der Waals surface area contributed by atoms with Crippen LogP contribution in [0.1, 0.15) is 22.6 Å². The third-order valence-electron chi connectivity index (χ3n) is 2.77. The minimum Gasteiger partial charge on any atom is -0.465 e. The zero-order valence-corrected chi connectivity index (χ0v) is 10.0. The van der Waals surface area contributed by atoms with Crippen LogP contribution in [0.3, 0.4) is 0 Å². The van der Waals surface area contributed by atoms with E-state index in [4.69, 9.17) is 4.42 Å². The average Bonchev–Trinajstić information content (AvgIpc) is 2.66. The SMILES string of the molecule is Cc1ccc(CNc2ccc(C)c(C)c2)o1. The van der Waals surface area contributed by atoms with Crippen LogP contribution in [-0.4, -0.2) is 0 Å². The van der Waals surface area contributed by atoms with Crippen LogP contribution in [-0.2, 0) is 6.54 Å². The lowest BCUT2D eigenvalue weighted by Gasteiger charge is -2.07. The van der Waals surface area contributed by atoms with Crippen LogP contribution < -0.4 is 5.32 Å². The van der Waals surface area contributed by atoms with Gasteiger partial charge in [-0.2, -0.15) is 0 Å². The highest BCUT2D eigenvalue weighted by Crippen LogP contribution is 2.15. The number of hydrogen-bond acceptors (Lipinski definition) is 2. The Kier molecular flexibility index (Phi) is 3.00. The molecular formula is C14H17NO. The Labute approximate surface area is 96.3 Å². The van der Waals surface area contributed by atoms with E-state index in [-0.39, 0.29) is 0 Å². The second-order valence-electron chi connectivity index (χ2n) is 4.16. The molecular weight excluding hydrogens is 198 g/mol. The van der Waals surface area contributed by atoms with E-state index in [2.05, 4.69) is 37.4 Å². The number of aryl methyl sites for hydroxylation is 3. The minimum atomic E-state index is 0.732. The summed E-state index contributed by atoms with van der Waals surface area (Å²) in [5, 5.41) is 3.35. The number of benzene rings is 1. The van der Waals surface area contributed by atoms with Gasteiger partial charge in [0.05, 0.1) is 6.54 Å². The molecule has 16 heavy (non-hydrogen) atoms. The van der Waals surface area contributed by atoms with Gasteiger partial charge < -0.3 is 9.73 Å². The molecule has 84 valence electrons. The standard InChI is InChI=1S/C14H17NO/c1-10-4-6-13(8-11(10)2)15-9-14-7-5-12(3)16-14/h4-8,15H,9H2,1-3H3. The third kappa shape index (κ3) is 2.45. The van der Waals surface area contributed by atoms with Crippen molar-refractivity contribution in [3.63, 3.8) is 0 Å². The molecule has 0 aliphatic heterocycles. The van der Waals surface area contributed by atoms with Crippen LogP contribution in [0.25, 0.3) is 0 Å². The van der Waals surface area contributed by atoms with Crippen molar-refractivity contribution >= 4 is 5.69 Å². The highest BCUT2D eigenvalue weighted by Gasteiger charge is 1.99. The quantitative estimate of drug-likeness (QED) is 0.842. The smallest absolute Gasteiger partial charge is 0.123 e. The fourth-order valence-corrected chi connectivity index (χ4v) is 1.62. The van der Waals surface area contributed by atoms with E-state index in [1.807, 2.05) is 19.1 Å². The summed E-state index contributed by atoms with van der Waals surface area (Å²) >= 11 is 0. The summed E-state index contributed by atoms with van der Waals surface area (Å²) in [6.45, 7) is 6.93. The summed E-state index contributed by atoms with van der Waals surface area (Å²) in [5.41, 5.74) is 3.76. The van der Waals surface area contributed by atoms with Gasteiger partial charge >= 0.3 is 0 Å². The van der Waals surface area contributed by atoms with Crippen molar-refractivity contribution in [1.82, 2.24) is 0 Å². The van der Waals surface area contributed by atoms with Crippen molar-refractivity contribution in [3.8, 4) is 0 Å².